The molecule has 0 aromatic rings. The molecule has 0 amide bonds. The molecule has 0 rings (SSSR count). The maximum atomic E-state index is 11.3. The first-order valence-electron chi connectivity index (χ1n) is 5.74. The average molecular weight is 258 g/mol. The number of aliphatic carboxylic acids is 1. The second-order valence-corrected chi connectivity index (χ2v) is 3.57. The molecule has 102 valence electrons. The van der Waals surface area contributed by atoms with E-state index in [1.165, 1.54) is 0 Å². The van der Waals surface area contributed by atoms with Crippen LogP contribution in [-0.4, -0.2) is 29.3 Å². The number of hydrogen-bond acceptors (Lipinski definition) is 5. The minimum Gasteiger partial charge on any atom is -0.481 e. The first-order valence-corrected chi connectivity index (χ1v) is 5.74. The number of carboxylic acids is 1. The molecular formula is C12H18O6. The van der Waals surface area contributed by atoms with Crippen molar-refractivity contribution in [3.05, 3.63) is 12.7 Å². The summed E-state index contributed by atoms with van der Waals surface area (Å²) < 4.78 is 9.67. The average Bonchev–Trinajstić information content (AvgIpc) is 2.33. The smallest absolute Gasteiger partial charge is 0.333 e. The Kier molecular flexibility index (Phi) is 8.26. The van der Waals surface area contributed by atoms with Crippen molar-refractivity contribution < 1.29 is 29.0 Å². The van der Waals surface area contributed by atoms with Gasteiger partial charge in [0.25, 0.3) is 0 Å². The van der Waals surface area contributed by atoms with Crippen molar-refractivity contribution in [2.75, 3.05) is 0 Å². The maximum Gasteiger partial charge on any atom is 0.333 e. The first-order chi connectivity index (χ1) is 8.49. The fourth-order valence-corrected chi connectivity index (χ4v) is 1.12. The fraction of sp³-hybridized carbons (Fsp3) is 0.583. The van der Waals surface area contributed by atoms with Crippen LogP contribution < -0.4 is 0 Å². The number of hydrogen-bond donors (Lipinski definition) is 1. The zero-order valence-corrected chi connectivity index (χ0v) is 10.4. The molecule has 0 bridgehead atoms. The van der Waals surface area contributed by atoms with Gasteiger partial charge < -0.3 is 14.6 Å². The minimum absolute atomic E-state index is 0.0237. The van der Waals surface area contributed by atoms with Crippen LogP contribution in [0.2, 0.25) is 0 Å². The lowest BCUT2D eigenvalue weighted by atomic mass is 10.2. The number of carbonyl (C=O) groups excluding carboxylic acids is 2. The van der Waals surface area contributed by atoms with E-state index >= 15 is 0 Å². The predicted octanol–water partition coefficient (Wildman–Crippen LogP) is 1.64. The zero-order valence-electron chi connectivity index (χ0n) is 10.4. The van der Waals surface area contributed by atoms with Crippen molar-refractivity contribution in [2.24, 2.45) is 0 Å². The molecule has 6 nitrogen and oxygen atoms in total. The van der Waals surface area contributed by atoms with Crippen LogP contribution in [0.4, 0.5) is 0 Å². The molecule has 0 heterocycles. The highest BCUT2D eigenvalue weighted by molar-refractivity contribution is 5.81. The molecule has 0 fully saturated rings. The normalized spacial score (nSPS) is 11.4. The van der Waals surface area contributed by atoms with E-state index < -0.39 is 24.2 Å². The molecule has 1 atom stereocenters. The quantitative estimate of drug-likeness (QED) is 0.292. The number of unbranched alkanes of at least 4 members (excludes halogenated alkanes) is 1. The molecule has 0 aliphatic rings. The Bertz CT molecular complexity index is 310. The second kappa shape index (κ2) is 9.21. The summed E-state index contributed by atoms with van der Waals surface area (Å²) in [5.74, 6) is -2.06. The van der Waals surface area contributed by atoms with Crippen LogP contribution in [0.3, 0.4) is 0 Å². The van der Waals surface area contributed by atoms with Crippen LogP contribution in [0.5, 0.6) is 0 Å². The van der Waals surface area contributed by atoms with E-state index in [1.807, 2.05) is 0 Å². The Balaban J connectivity index is 3.86. The molecule has 0 aromatic carbocycles. The lowest BCUT2D eigenvalue weighted by Gasteiger charge is -2.15. The van der Waals surface area contributed by atoms with Crippen LogP contribution in [0.25, 0.3) is 0 Å². The van der Waals surface area contributed by atoms with Gasteiger partial charge in [-0.1, -0.05) is 13.5 Å². The van der Waals surface area contributed by atoms with Gasteiger partial charge >= 0.3 is 17.9 Å². The highest BCUT2D eigenvalue weighted by Gasteiger charge is 2.15. The number of esters is 2. The van der Waals surface area contributed by atoms with Crippen molar-refractivity contribution in [1.82, 2.24) is 0 Å². The second-order valence-electron chi connectivity index (χ2n) is 3.57. The van der Waals surface area contributed by atoms with Gasteiger partial charge in [-0.15, -0.1) is 0 Å². The molecule has 0 saturated carbocycles. The highest BCUT2D eigenvalue weighted by atomic mass is 16.7. The van der Waals surface area contributed by atoms with Crippen LogP contribution in [0.1, 0.15) is 39.0 Å². The number of carboxylic acid groups (broad SMARTS) is 1. The molecule has 1 unspecified atom stereocenters. The van der Waals surface area contributed by atoms with Gasteiger partial charge in [0.15, 0.2) is 0 Å². The van der Waals surface area contributed by atoms with Crippen LogP contribution in [0.15, 0.2) is 12.7 Å². The summed E-state index contributed by atoms with van der Waals surface area (Å²) in [7, 11) is 0. The van der Waals surface area contributed by atoms with Crippen molar-refractivity contribution in [1.29, 1.82) is 0 Å². The molecule has 0 saturated heterocycles. The summed E-state index contributed by atoms with van der Waals surface area (Å²) in [5, 5.41) is 8.41. The molecule has 6 heteroatoms. The Morgan fingerprint density at radius 2 is 1.83 bits per heavy atom. The van der Waals surface area contributed by atoms with E-state index in [9.17, 15) is 14.4 Å². The number of rotatable bonds is 9. The molecule has 18 heavy (non-hydrogen) atoms. The number of ether oxygens (including phenoxy) is 2. The molecule has 1 N–H and O–H groups in total. The van der Waals surface area contributed by atoms with Crippen molar-refractivity contribution >= 4 is 17.9 Å². The lowest BCUT2D eigenvalue weighted by molar-refractivity contribution is -0.185. The Morgan fingerprint density at radius 3 is 2.33 bits per heavy atom. The third kappa shape index (κ3) is 8.32. The Morgan fingerprint density at radius 1 is 1.22 bits per heavy atom. The summed E-state index contributed by atoms with van der Waals surface area (Å²) in [4.78, 5) is 32.5. The fourth-order valence-electron chi connectivity index (χ4n) is 1.12. The van der Waals surface area contributed by atoms with Gasteiger partial charge in [0.05, 0.1) is 0 Å². The van der Waals surface area contributed by atoms with Crippen LogP contribution in [0, 0.1) is 0 Å². The van der Waals surface area contributed by atoms with E-state index in [0.717, 1.165) is 6.08 Å². The Labute approximate surface area is 106 Å². The Hall–Kier alpha value is -1.85. The predicted molar refractivity (Wildman–Crippen MR) is 62.6 cm³/mol. The van der Waals surface area contributed by atoms with Crippen molar-refractivity contribution in [2.45, 2.75) is 45.3 Å². The molecule has 0 aromatic heterocycles. The van der Waals surface area contributed by atoms with E-state index in [0.29, 0.717) is 19.3 Å². The monoisotopic (exact) mass is 258 g/mol. The van der Waals surface area contributed by atoms with Crippen LogP contribution in [-0.2, 0) is 23.9 Å². The van der Waals surface area contributed by atoms with Gasteiger partial charge in [-0.3, -0.25) is 9.59 Å². The third-order valence-electron chi connectivity index (χ3n) is 2.03. The zero-order chi connectivity index (χ0) is 14.0. The van der Waals surface area contributed by atoms with Gasteiger partial charge in [-0.25, -0.2) is 4.79 Å². The van der Waals surface area contributed by atoms with Gasteiger partial charge in [0.1, 0.15) is 0 Å². The standard InChI is InChI=1S/C12H18O6/c1-3-10(15)17-12(4-2)18-11(16)8-6-5-7-9(13)14/h3,12H,1,4-8H2,2H3,(H,13,14). The minimum atomic E-state index is -0.914. The third-order valence-corrected chi connectivity index (χ3v) is 2.03. The summed E-state index contributed by atoms with van der Waals surface area (Å²) in [5.41, 5.74) is 0. The first kappa shape index (κ1) is 16.1. The van der Waals surface area contributed by atoms with Crippen molar-refractivity contribution in [3.63, 3.8) is 0 Å². The lowest BCUT2D eigenvalue weighted by Crippen LogP contribution is -2.23. The van der Waals surface area contributed by atoms with Gasteiger partial charge in [0, 0.05) is 25.3 Å². The van der Waals surface area contributed by atoms with E-state index in [-0.39, 0.29) is 12.8 Å². The van der Waals surface area contributed by atoms with E-state index in [1.54, 1.807) is 6.92 Å². The summed E-state index contributed by atoms with van der Waals surface area (Å²) in [6.45, 7) is 4.94. The summed E-state index contributed by atoms with van der Waals surface area (Å²) in [6.07, 6.45) is 1.39. The van der Waals surface area contributed by atoms with Gasteiger partial charge in [-0.2, -0.15) is 0 Å². The van der Waals surface area contributed by atoms with Crippen LogP contribution >= 0.6 is 0 Å². The van der Waals surface area contributed by atoms with E-state index in [2.05, 4.69) is 6.58 Å². The topological polar surface area (TPSA) is 89.9 Å². The molecule has 0 spiro atoms. The van der Waals surface area contributed by atoms with Gasteiger partial charge in [-0.05, 0) is 12.8 Å². The molecule has 0 aliphatic carbocycles. The SMILES string of the molecule is C=CC(=O)OC(CC)OC(=O)CCCCC(=O)O. The van der Waals surface area contributed by atoms with Crippen molar-refractivity contribution in [3.8, 4) is 0 Å². The molecule has 0 radical (unpaired) electrons. The van der Waals surface area contributed by atoms with Gasteiger partial charge in [0.2, 0.25) is 6.29 Å². The van der Waals surface area contributed by atoms with E-state index in [4.69, 9.17) is 14.6 Å². The largest absolute Gasteiger partial charge is 0.481 e. The summed E-state index contributed by atoms with van der Waals surface area (Å²) >= 11 is 0. The number of carbonyl (C=O) groups is 3. The maximum absolute atomic E-state index is 11.3. The highest BCUT2D eigenvalue weighted by Crippen LogP contribution is 2.07. The molecule has 0 aliphatic heterocycles. The summed E-state index contributed by atoms with van der Waals surface area (Å²) in [6, 6.07) is 0. The molecular weight excluding hydrogens is 240 g/mol.